The minimum atomic E-state index is -0.397. The van der Waals surface area contributed by atoms with Gasteiger partial charge in [-0.3, -0.25) is 9.69 Å². The fraction of sp³-hybridized carbons (Fsp3) is 0.321. The van der Waals surface area contributed by atoms with Crippen molar-refractivity contribution in [2.75, 3.05) is 32.7 Å². The third-order valence-electron chi connectivity index (χ3n) is 6.76. The number of rotatable bonds is 8. The van der Waals surface area contributed by atoms with Crippen LogP contribution in [-0.2, 0) is 6.42 Å². The van der Waals surface area contributed by atoms with Gasteiger partial charge in [0.2, 0.25) is 5.91 Å². The number of amides is 1. The summed E-state index contributed by atoms with van der Waals surface area (Å²) in [5.41, 5.74) is 9.32. The SMILES string of the molecule is CC(c1ccc(-c2cccc(O)c2)cc1F)N1CCN(CCCc2ccc(C(N)=O)cc2)CC1. The monoisotopic (exact) mass is 461 g/mol. The Hall–Kier alpha value is -3.22. The van der Waals surface area contributed by atoms with Crippen LogP contribution in [0.5, 0.6) is 5.75 Å². The number of nitrogens with two attached hydrogens (primary N) is 1. The molecule has 4 rings (SSSR count). The first-order valence-electron chi connectivity index (χ1n) is 11.8. The molecule has 5 nitrogen and oxygen atoms in total. The summed E-state index contributed by atoms with van der Waals surface area (Å²) < 4.78 is 15.0. The van der Waals surface area contributed by atoms with Crippen molar-refractivity contribution in [2.45, 2.75) is 25.8 Å². The van der Waals surface area contributed by atoms with E-state index in [1.807, 2.05) is 30.3 Å². The Morgan fingerprint density at radius 1 is 1.00 bits per heavy atom. The van der Waals surface area contributed by atoms with Crippen LogP contribution >= 0.6 is 0 Å². The number of phenols is 1. The van der Waals surface area contributed by atoms with Crippen molar-refractivity contribution in [3.8, 4) is 16.9 Å². The Balaban J connectivity index is 1.27. The average Bonchev–Trinajstić information content (AvgIpc) is 2.84. The molecule has 3 N–H and O–H groups in total. The number of aryl methyl sites for hydroxylation is 1. The Bertz CT molecular complexity index is 1120. The largest absolute Gasteiger partial charge is 0.508 e. The van der Waals surface area contributed by atoms with E-state index in [1.54, 1.807) is 36.4 Å². The van der Waals surface area contributed by atoms with E-state index in [9.17, 15) is 14.3 Å². The first-order valence-corrected chi connectivity index (χ1v) is 11.8. The van der Waals surface area contributed by atoms with Crippen molar-refractivity contribution in [3.05, 3.63) is 89.2 Å². The molecule has 0 radical (unpaired) electrons. The maximum absolute atomic E-state index is 15.0. The van der Waals surface area contributed by atoms with E-state index in [1.165, 1.54) is 5.56 Å². The van der Waals surface area contributed by atoms with Gasteiger partial charge in [-0.05, 0) is 73.3 Å². The van der Waals surface area contributed by atoms with Crippen LogP contribution in [0.4, 0.5) is 4.39 Å². The number of piperazine rings is 1. The summed E-state index contributed by atoms with van der Waals surface area (Å²) in [5.74, 6) is -0.432. The van der Waals surface area contributed by atoms with E-state index in [4.69, 9.17) is 5.73 Å². The molecule has 0 saturated carbocycles. The number of hydrogen-bond donors (Lipinski definition) is 2. The molecule has 1 fully saturated rings. The smallest absolute Gasteiger partial charge is 0.248 e. The topological polar surface area (TPSA) is 69.8 Å². The number of halogens is 1. The summed E-state index contributed by atoms with van der Waals surface area (Å²) in [4.78, 5) is 16.0. The van der Waals surface area contributed by atoms with Crippen LogP contribution in [0.15, 0.2) is 66.7 Å². The Morgan fingerprint density at radius 3 is 2.35 bits per heavy atom. The second-order valence-corrected chi connectivity index (χ2v) is 9.00. The van der Waals surface area contributed by atoms with E-state index in [0.29, 0.717) is 11.1 Å². The summed E-state index contributed by atoms with van der Waals surface area (Å²) in [6, 6.07) is 19.8. The molecule has 0 aliphatic carbocycles. The van der Waals surface area contributed by atoms with Crippen LogP contribution in [-0.4, -0.2) is 53.5 Å². The first kappa shape index (κ1) is 23.9. The van der Waals surface area contributed by atoms with Crippen molar-refractivity contribution in [1.29, 1.82) is 0 Å². The maximum Gasteiger partial charge on any atom is 0.248 e. The molecule has 1 saturated heterocycles. The fourth-order valence-electron chi connectivity index (χ4n) is 4.64. The molecule has 6 heteroatoms. The van der Waals surface area contributed by atoms with E-state index in [-0.39, 0.29) is 17.6 Å². The lowest BCUT2D eigenvalue weighted by Crippen LogP contribution is -2.47. The highest BCUT2D eigenvalue weighted by Crippen LogP contribution is 2.29. The average molecular weight is 462 g/mol. The van der Waals surface area contributed by atoms with Crippen LogP contribution in [0.3, 0.4) is 0 Å². The zero-order valence-electron chi connectivity index (χ0n) is 19.6. The molecule has 1 amide bonds. The molecule has 1 aliphatic rings. The zero-order chi connectivity index (χ0) is 24.1. The predicted molar refractivity (Wildman–Crippen MR) is 133 cm³/mol. The van der Waals surface area contributed by atoms with Gasteiger partial charge in [-0.15, -0.1) is 0 Å². The van der Waals surface area contributed by atoms with E-state index >= 15 is 0 Å². The quantitative estimate of drug-likeness (QED) is 0.514. The highest BCUT2D eigenvalue weighted by molar-refractivity contribution is 5.92. The van der Waals surface area contributed by atoms with Gasteiger partial charge in [0.15, 0.2) is 0 Å². The number of nitrogens with zero attached hydrogens (tertiary/aromatic N) is 2. The zero-order valence-corrected chi connectivity index (χ0v) is 19.6. The summed E-state index contributed by atoms with van der Waals surface area (Å²) in [6.45, 7) is 6.83. The second kappa shape index (κ2) is 10.8. The van der Waals surface area contributed by atoms with Crippen molar-refractivity contribution in [1.82, 2.24) is 9.80 Å². The third kappa shape index (κ3) is 5.82. The molecule has 34 heavy (non-hydrogen) atoms. The number of aromatic hydroxyl groups is 1. The van der Waals surface area contributed by atoms with Gasteiger partial charge in [0.25, 0.3) is 0 Å². The number of primary amides is 1. The minimum absolute atomic E-state index is 0.00384. The lowest BCUT2D eigenvalue weighted by Gasteiger charge is -2.38. The van der Waals surface area contributed by atoms with Crippen LogP contribution in [0.1, 0.15) is 40.9 Å². The Labute approximate surface area is 200 Å². The van der Waals surface area contributed by atoms with Gasteiger partial charge in [-0.2, -0.15) is 0 Å². The van der Waals surface area contributed by atoms with Gasteiger partial charge in [0.05, 0.1) is 0 Å². The number of phenolic OH excluding ortho intramolecular Hbond substituents is 1. The molecular formula is C28H32FN3O2. The minimum Gasteiger partial charge on any atom is -0.508 e. The van der Waals surface area contributed by atoms with Crippen LogP contribution in [0.2, 0.25) is 0 Å². The lowest BCUT2D eigenvalue weighted by atomic mass is 9.99. The molecule has 178 valence electrons. The molecule has 3 aromatic rings. The summed E-state index contributed by atoms with van der Waals surface area (Å²) in [6.07, 6.45) is 2.02. The normalized spacial score (nSPS) is 15.8. The second-order valence-electron chi connectivity index (χ2n) is 9.00. The fourth-order valence-corrected chi connectivity index (χ4v) is 4.64. The molecule has 0 bridgehead atoms. The first-order chi connectivity index (χ1) is 16.4. The highest BCUT2D eigenvalue weighted by atomic mass is 19.1. The highest BCUT2D eigenvalue weighted by Gasteiger charge is 2.24. The number of carbonyl (C=O) groups is 1. The third-order valence-corrected chi connectivity index (χ3v) is 6.76. The van der Waals surface area contributed by atoms with Crippen molar-refractivity contribution in [2.24, 2.45) is 5.73 Å². The van der Waals surface area contributed by atoms with Crippen LogP contribution in [0, 0.1) is 5.82 Å². The van der Waals surface area contributed by atoms with E-state index < -0.39 is 5.91 Å². The number of benzene rings is 3. The standard InChI is InChI=1S/C28H32FN3O2/c1-20(26-12-11-24(19-27(26)29)23-5-2-6-25(33)18-23)32-16-14-31(15-17-32)13-3-4-21-7-9-22(10-8-21)28(30)34/h2,5-12,18-20,33H,3-4,13-17H2,1H3,(H2,30,34). The number of hydrogen-bond acceptors (Lipinski definition) is 4. The lowest BCUT2D eigenvalue weighted by molar-refractivity contribution is 0.1000. The van der Waals surface area contributed by atoms with Crippen LogP contribution < -0.4 is 5.73 Å². The Kier molecular flexibility index (Phi) is 7.60. The van der Waals surface area contributed by atoms with E-state index in [0.717, 1.165) is 56.7 Å². The molecular weight excluding hydrogens is 429 g/mol. The van der Waals surface area contributed by atoms with Gasteiger partial charge in [-0.1, -0.05) is 36.4 Å². The molecule has 1 heterocycles. The van der Waals surface area contributed by atoms with Crippen LogP contribution in [0.25, 0.3) is 11.1 Å². The molecule has 1 atom stereocenters. The van der Waals surface area contributed by atoms with Gasteiger partial charge in [-0.25, -0.2) is 4.39 Å². The summed E-state index contributed by atoms with van der Waals surface area (Å²) in [5, 5.41) is 9.70. The predicted octanol–water partition coefficient (Wildman–Crippen LogP) is 4.61. The summed E-state index contributed by atoms with van der Waals surface area (Å²) in [7, 11) is 0. The van der Waals surface area contributed by atoms with Crippen molar-refractivity contribution in [3.63, 3.8) is 0 Å². The molecule has 0 spiro atoms. The molecule has 3 aromatic carbocycles. The number of carbonyl (C=O) groups excluding carboxylic acids is 1. The molecule has 1 aliphatic heterocycles. The molecule has 0 aromatic heterocycles. The molecule has 1 unspecified atom stereocenters. The maximum atomic E-state index is 15.0. The van der Waals surface area contributed by atoms with Crippen molar-refractivity contribution < 1.29 is 14.3 Å². The van der Waals surface area contributed by atoms with Crippen molar-refractivity contribution >= 4 is 5.91 Å². The van der Waals surface area contributed by atoms with Gasteiger partial charge >= 0.3 is 0 Å². The Morgan fingerprint density at radius 2 is 1.71 bits per heavy atom. The van der Waals surface area contributed by atoms with E-state index in [2.05, 4.69) is 16.7 Å². The summed E-state index contributed by atoms with van der Waals surface area (Å²) >= 11 is 0. The van der Waals surface area contributed by atoms with Gasteiger partial charge in [0, 0.05) is 43.3 Å². The van der Waals surface area contributed by atoms with Gasteiger partial charge in [0.1, 0.15) is 11.6 Å². The van der Waals surface area contributed by atoms with Gasteiger partial charge < -0.3 is 15.7 Å².